The third kappa shape index (κ3) is 7.91. The molecule has 11 aromatic rings. The fourth-order valence-corrected chi connectivity index (χ4v) is 9.65. The van der Waals surface area contributed by atoms with Crippen LogP contribution in [0.3, 0.4) is 0 Å². The van der Waals surface area contributed by atoms with Gasteiger partial charge in [0.15, 0.2) is 0 Å². The van der Waals surface area contributed by atoms with Crippen molar-refractivity contribution in [3.05, 3.63) is 230 Å². The molecule has 0 saturated heterocycles. The van der Waals surface area contributed by atoms with Gasteiger partial charge in [-0.25, -0.2) is 0 Å². The highest BCUT2D eigenvalue weighted by atomic mass is 16.3. The Labute approximate surface area is 394 Å². The molecular formula is C64H54N2O. The Balaban J connectivity index is 1.04. The van der Waals surface area contributed by atoms with Crippen molar-refractivity contribution in [2.24, 2.45) is 0 Å². The second-order valence-corrected chi connectivity index (χ2v) is 19.9. The van der Waals surface area contributed by atoms with E-state index in [0.29, 0.717) is 0 Å². The van der Waals surface area contributed by atoms with Crippen molar-refractivity contribution >= 4 is 77.6 Å². The van der Waals surface area contributed by atoms with E-state index in [9.17, 15) is 0 Å². The van der Waals surface area contributed by atoms with Crippen molar-refractivity contribution < 1.29 is 4.42 Å². The minimum absolute atomic E-state index is 0.00545. The molecule has 0 fully saturated rings. The molecule has 1 heterocycles. The standard InChI is InChI=1S/C64H54N2O/c1-63(2,3)49-23-17-25-51(41-49)65(59-29-15-13-27-55(59)43-19-9-7-10-20-43)53-33-31-45-37-57-58-38-46-32-34-54(36-48(46)40-62(58)67-61(57)39-47(45)35-53)66(52-26-18-24-50(42-52)64(4,5)6)60-30-16-14-28-56(60)44-21-11-8-12-22-44/h7-42H,1-6H3. The molecular weight excluding hydrogens is 813 g/mol. The van der Waals surface area contributed by atoms with Gasteiger partial charge in [-0.1, -0.05) is 175 Å². The summed E-state index contributed by atoms with van der Waals surface area (Å²) in [6.07, 6.45) is 0. The van der Waals surface area contributed by atoms with Crippen LogP contribution in [0.1, 0.15) is 52.7 Å². The van der Waals surface area contributed by atoms with E-state index in [4.69, 9.17) is 4.42 Å². The lowest BCUT2D eigenvalue weighted by atomic mass is 9.86. The lowest BCUT2D eigenvalue weighted by Gasteiger charge is -2.30. The normalized spacial score (nSPS) is 12.0. The quantitative estimate of drug-likeness (QED) is 0.152. The number of benzene rings is 10. The van der Waals surface area contributed by atoms with Crippen LogP contribution in [0.25, 0.3) is 65.7 Å². The van der Waals surface area contributed by atoms with Crippen LogP contribution in [0.2, 0.25) is 0 Å². The number of furan rings is 1. The van der Waals surface area contributed by atoms with Crippen molar-refractivity contribution in [3.63, 3.8) is 0 Å². The molecule has 0 bridgehead atoms. The number of anilines is 6. The van der Waals surface area contributed by atoms with Gasteiger partial charge in [0.05, 0.1) is 11.4 Å². The molecule has 0 atom stereocenters. The first-order valence-electron chi connectivity index (χ1n) is 23.4. The molecule has 3 heteroatoms. The maximum absolute atomic E-state index is 6.84. The number of rotatable bonds is 8. The molecule has 0 radical (unpaired) electrons. The Hall–Kier alpha value is -7.88. The average molecular weight is 867 g/mol. The molecule has 11 rings (SSSR count). The number of hydrogen-bond donors (Lipinski definition) is 0. The van der Waals surface area contributed by atoms with E-state index >= 15 is 0 Å². The van der Waals surface area contributed by atoms with Gasteiger partial charge in [0.25, 0.3) is 0 Å². The van der Waals surface area contributed by atoms with E-state index in [2.05, 4.69) is 270 Å². The zero-order valence-corrected chi connectivity index (χ0v) is 39.1. The van der Waals surface area contributed by atoms with E-state index in [1.165, 1.54) is 44.2 Å². The lowest BCUT2D eigenvalue weighted by Crippen LogP contribution is -2.15. The highest BCUT2D eigenvalue weighted by molar-refractivity contribution is 6.14. The van der Waals surface area contributed by atoms with Crippen LogP contribution in [0.15, 0.2) is 223 Å². The Morgan fingerprint density at radius 1 is 0.313 bits per heavy atom. The zero-order valence-electron chi connectivity index (χ0n) is 39.1. The summed E-state index contributed by atoms with van der Waals surface area (Å²) in [5, 5.41) is 6.80. The summed E-state index contributed by atoms with van der Waals surface area (Å²) in [6, 6.07) is 79.5. The summed E-state index contributed by atoms with van der Waals surface area (Å²) < 4.78 is 6.84. The minimum atomic E-state index is -0.00545. The molecule has 0 saturated carbocycles. The van der Waals surface area contributed by atoms with Crippen LogP contribution in [-0.4, -0.2) is 0 Å². The molecule has 0 aliphatic rings. The van der Waals surface area contributed by atoms with Crippen molar-refractivity contribution in [1.29, 1.82) is 0 Å². The number of nitrogens with zero attached hydrogens (tertiary/aromatic N) is 2. The van der Waals surface area contributed by atoms with Gasteiger partial charge >= 0.3 is 0 Å². The van der Waals surface area contributed by atoms with Crippen LogP contribution in [0.5, 0.6) is 0 Å². The fraction of sp³-hybridized carbons (Fsp3) is 0.125. The molecule has 326 valence electrons. The monoisotopic (exact) mass is 866 g/mol. The average Bonchev–Trinajstić information content (AvgIpc) is 3.69. The SMILES string of the molecule is CC(C)(C)c1cccc(N(c2ccc3cc4c(cc3c2)oc2cc3cc(N(c5cccc(C(C)(C)C)c5)c5ccccc5-c5ccccc5)ccc3cc24)c2ccccc2-c2ccccc2)c1. The summed E-state index contributed by atoms with van der Waals surface area (Å²) in [6.45, 7) is 13.7. The Bertz CT molecular complexity index is 3370. The van der Waals surface area contributed by atoms with Crippen molar-refractivity contribution in [3.8, 4) is 22.3 Å². The maximum Gasteiger partial charge on any atom is 0.136 e. The van der Waals surface area contributed by atoms with Gasteiger partial charge in [0.1, 0.15) is 11.2 Å². The van der Waals surface area contributed by atoms with Gasteiger partial charge in [-0.15, -0.1) is 0 Å². The summed E-state index contributed by atoms with van der Waals surface area (Å²) in [4.78, 5) is 4.82. The molecule has 0 amide bonds. The van der Waals surface area contributed by atoms with Gasteiger partial charge in [0.2, 0.25) is 0 Å². The van der Waals surface area contributed by atoms with E-state index in [1.54, 1.807) is 0 Å². The highest BCUT2D eigenvalue weighted by Crippen LogP contribution is 2.46. The first-order valence-corrected chi connectivity index (χ1v) is 23.4. The summed E-state index contributed by atoms with van der Waals surface area (Å²) in [5.41, 5.74) is 15.7. The summed E-state index contributed by atoms with van der Waals surface area (Å²) in [7, 11) is 0. The third-order valence-electron chi connectivity index (χ3n) is 13.3. The van der Waals surface area contributed by atoms with Crippen LogP contribution in [0, 0.1) is 0 Å². The summed E-state index contributed by atoms with van der Waals surface area (Å²) >= 11 is 0. The maximum atomic E-state index is 6.84. The van der Waals surface area contributed by atoms with Crippen LogP contribution < -0.4 is 9.80 Å². The zero-order chi connectivity index (χ0) is 45.9. The molecule has 67 heavy (non-hydrogen) atoms. The summed E-state index contributed by atoms with van der Waals surface area (Å²) in [5.74, 6) is 0. The largest absolute Gasteiger partial charge is 0.456 e. The van der Waals surface area contributed by atoms with E-state index < -0.39 is 0 Å². The highest BCUT2D eigenvalue weighted by Gasteiger charge is 2.23. The van der Waals surface area contributed by atoms with Gasteiger partial charge in [-0.2, -0.15) is 0 Å². The van der Waals surface area contributed by atoms with Crippen LogP contribution in [0.4, 0.5) is 34.1 Å². The molecule has 0 spiro atoms. The molecule has 3 nitrogen and oxygen atoms in total. The topological polar surface area (TPSA) is 19.6 Å². The van der Waals surface area contributed by atoms with Crippen LogP contribution >= 0.6 is 0 Å². The second kappa shape index (κ2) is 16.5. The Morgan fingerprint density at radius 2 is 0.701 bits per heavy atom. The molecule has 0 N–H and O–H groups in total. The van der Waals surface area contributed by atoms with Crippen molar-refractivity contribution in [2.75, 3.05) is 9.80 Å². The van der Waals surface area contributed by atoms with E-state index in [1.807, 2.05) is 0 Å². The molecule has 1 aromatic heterocycles. The smallest absolute Gasteiger partial charge is 0.136 e. The predicted octanol–water partition coefficient (Wildman–Crippen LogP) is 18.8. The number of fused-ring (bicyclic) bond motifs is 5. The van der Waals surface area contributed by atoms with Crippen molar-refractivity contribution in [1.82, 2.24) is 0 Å². The van der Waals surface area contributed by atoms with E-state index in [0.717, 1.165) is 66.8 Å². The van der Waals surface area contributed by atoms with Gasteiger partial charge in [0, 0.05) is 44.6 Å². The van der Waals surface area contributed by atoms with Crippen LogP contribution in [-0.2, 0) is 10.8 Å². The third-order valence-corrected chi connectivity index (χ3v) is 13.3. The second-order valence-electron chi connectivity index (χ2n) is 19.9. The first-order chi connectivity index (χ1) is 32.5. The fourth-order valence-electron chi connectivity index (χ4n) is 9.65. The minimum Gasteiger partial charge on any atom is -0.456 e. The van der Waals surface area contributed by atoms with Gasteiger partial charge in [-0.05, 0) is 140 Å². The van der Waals surface area contributed by atoms with E-state index in [-0.39, 0.29) is 10.8 Å². The predicted molar refractivity (Wildman–Crippen MR) is 286 cm³/mol. The molecule has 0 unspecified atom stereocenters. The molecule has 0 aliphatic carbocycles. The van der Waals surface area contributed by atoms with Crippen molar-refractivity contribution in [2.45, 2.75) is 52.4 Å². The Kier molecular flexibility index (Phi) is 10.3. The van der Waals surface area contributed by atoms with Gasteiger partial charge < -0.3 is 14.2 Å². The number of para-hydroxylation sites is 2. The van der Waals surface area contributed by atoms with Gasteiger partial charge in [-0.3, -0.25) is 0 Å². The number of hydrogen-bond acceptors (Lipinski definition) is 3. The first kappa shape index (κ1) is 41.8. The molecule has 0 aliphatic heterocycles. The molecule has 10 aromatic carbocycles. The Morgan fingerprint density at radius 3 is 1.12 bits per heavy atom. The lowest BCUT2D eigenvalue weighted by molar-refractivity contribution is 0.590.